The highest BCUT2D eigenvalue weighted by molar-refractivity contribution is 6.10. The number of fused-ring (bicyclic) bond motifs is 6. The van der Waals surface area contributed by atoms with Gasteiger partial charge in [0.1, 0.15) is 16.7 Å². The minimum atomic E-state index is -0.516. The van der Waals surface area contributed by atoms with E-state index in [1.165, 1.54) is 12.3 Å². The summed E-state index contributed by atoms with van der Waals surface area (Å²) >= 11 is 0. The number of rotatable bonds is 2. The molecule has 0 unspecified atom stereocenters. The zero-order chi connectivity index (χ0) is 18.6. The van der Waals surface area contributed by atoms with Gasteiger partial charge < -0.3 is 13.6 Å². The molecule has 26 heavy (non-hydrogen) atoms. The third kappa shape index (κ3) is 2.38. The third-order valence-corrected chi connectivity index (χ3v) is 4.69. The molecule has 0 spiro atoms. The minimum absolute atomic E-state index is 0.200. The monoisotopic (exact) mass is 352 g/mol. The first-order chi connectivity index (χ1) is 12.3. The van der Waals surface area contributed by atoms with Gasteiger partial charge in [-0.2, -0.15) is 0 Å². The maximum absolute atomic E-state index is 12.8. The summed E-state index contributed by atoms with van der Waals surface area (Å²) in [5.41, 5.74) is 1.42. The van der Waals surface area contributed by atoms with Crippen molar-refractivity contribution in [1.82, 2.24) is 0 Å². The van der Waals surface area contributed by atoms with Gasteiger partial charge in [0.15, 0.2) is 16.6 Å². The third-order valence-electron chi connectivity index (χ3n) is 4.69. The Hall–Kier alpha value is -2.82. The largest absolute Gasteiger partial charge is 0.482 e. The van der Waals surface area contributed by atoms with Crippen LogP contribution in [0.3, 0.4) is 0 Å². The topological polar surface area (TPSA) is 69.7 Å². The molecular formula is C21H20O5. The van der Waals surface area contributed by atoms with Crippen molar-refractivity contribution in [2.45, 2.75) is 46.1 Å². The van der Waals surface area contributed by atoms with Crippen molar-refractivity contribution in [3.05, 3.63) is 55.7 Å². The molecule has 1 aliphatic rings. The van der Waals surface area contributed by atoms with Crippen LogP contribution in [0.1, 0.15) is 43.9 Å². The van der Waals surface area contributed by atoms with E-state index in [0.717, 1.165) is 12.0 Å². The lowest BCUT2D eigenvalue weighted by atomic mass is 9.94. The maximum Gasteiger partial charge on any atom is 0.336 e. The molecule has 0 aliphatic carbocycles. The lowest BCUT2D eigenvalue weighted by Gasteiger charge is -2.29. The Bertz CT molecular complexity index is 1190. The minimum Gasteiger partial charge on any atom is -0.482 e. The van der Waals surface area contributed by atoms with Crippen LogP contribution >= 0.6 is 0 Å². The summed E-state index contributed by atoms with van der Waals surface area (Å²) in [6.07, 6.45) is 6.81. The highest BCUT2D eigenvalue weighted by Crippen LogP contribution is 2.43. The molecule has 0 saturated heterocycles. The summed E-state index contributed by atoms with van der Waals surface area (Å²) in [5.74, 6) is 0.596. The fourth-order valence-corrected chi connectivity index (χ4v) is 3.47. The number of hydrogen-bond acceptors (Lipinski definition) is 5. The van der Waals surface area contributed by atoms with E-state index in [-0.39, 0.29) is 11.0 Å². The quantitative estimate of drug-likeness (QED) is 0.507. The molecule has 1 aromatic carbocycles. The van der Waals surface area contributed by atoms with Crippen LogP contribution in [0.2, 0.25) is 0 Å². The molecule has 4 rings (SSSR count). The Kier molecular flexibility index (Phi) is 3.58. The molecule has 0 saturated carbocycles. The Balaban J connectivity index is 2.32. The van der Waals surface area contributed by atoms with E-state index in [2.05, 4.69) is 0 Å². The van der Waals surface area contributed by atoms with Crippen LogP contribution in [-0.2, 0) is 6.42 Å². The lowest BCUT2D eigenvalue weighted by molar-refractivity contribution is 0.161. The molecule has 3 heterocycles. The molecule has 0 bridgehead atoms. The SMILES string of the molecule is CCCc1cc(=O)oc2c1c1c(c3occ(C)c(=O)c32)C=CC(C)(C)O1. The molecule has 0 N–H and O–H groups in total. The van der Waals surface area contributed by atoms with E-state index in [4.69, 9.17) is 13.6 Å². The van der Waals surface area contributed by atoms with Crippen LogP contribution in [0.25, 0.3) is 28.0 Å². The van der Waals surface area contributed by atoms with E-state index >= 15 is 0 Å². The van der Waals surface area contributed by atoms with Crippen molar-refractivity contribution in [2.24, 2.45) is 0 Å². The summed E-state index contributed by atoms with van der Waals surface area (Å²) in [7, 11) is 0. The van der Waals surface area contributed by atoms with Crippen LogP contribution in [0, 0.1) is 6.92 Å². The second-order valence-electron chi connectivity index (χ2n) is 7.28. The van der Waals surface area contributed by atoms with Crippen molar-refractivity contribution < 1.29 is 13.6 Å². The van der Waals surface area contributed by atoms with Crippen molar-refractivity contribution in [2.75, 3.05) is 0 Å². The van der Waals surface area contributed by atoms with Gasteiger partial charge in [0.05, 0.1) is 17.2 Å². The number of hydrogen-bond donors (Lipinski definition) is 0. The van der Waals surface area contributed by atoms with Crippen LogP contribution in [0.5, 0.6) is 5.75 Å². The number of ether oxygens (including phenoxy) is 1. The van der Waals surface area contributed by atoms with Crippen LogP contribution in [0.4, 0.5) is 0 Å². The average Bonchev–Trinajstić information content (AvgIpc) is 2.56. The van der Waals surface area contributed by atoms with E-state index in [1.807, 2.05) is 32.9 Å². The van der Waals surface area contributed by atoms with E-state index in [9.17, 15) is 9.59 Å². The van der Waals surface area contributed by atoms with E-state index in [0.29, 0.717) is 39.7 Å². The smallest absolute Gasteiger partial charge is 0.336 e. The molecule has 1 aliphatic heterocycles. The first kappa shape index (κ1) is 16.6. The lowest BCUT2D eigenvalue weighted by Crippen LogP contribution is -2.28. The van der Waals surface area contributed by atoms with E-state index in [1.54, 1.807) is 6.92 Å². The molecule has 0 atom stereocenters. The Morgan fingerprint density at radius 1 is 1.12 bits per heavy atom. The zero-order valence-electron chi connectivity index (χ0n) is 15.3. The second kappa shape index (κ2) is 5.59. The summed E-state index contributed by atoms with van der Waals surface area (Å²) in [6.45, 7) is 7.62. The van der Waals surface area contributed by atoms with E-state index < -0.39 is 11.2 Å². The van der Waals surface area contributed by atoms with Gasteiger partial charge in [-0.25, -0.2) is 4.79 Å². The van der Waals surface area contributed by atoms with Gasteiger partial charge in [-0.05, 0) is 44.9 Å². The number of aryl methyl sites for hydroxylation is 2. The summed E-state index contributed by atoms with van der Waals surface area (Å²) in [6, 6.07) is 1.49. The van der Waals surface area contributed by atoms with Gasteiger partial charge >= 0.3 is 5.63 Å². The van der Waals surface area contributed by atoms with Crippen molar-refractivity contribution in [3.63, 3.8) is 0 Å². The van der Waals surface area contributed by atoms with Gasteiger partial charge in [0.2, 0.25) is 0 Å². The van der Waals surface area contributed by atoms with Crippen molar-refractivity contribution in [3.8, 4) is 5.75 Å². The molecular weight excluding hydrogens is 332 g/mol. The molecule has 2 aromatic heterocycles. The van der Waals surface area contributed by atoms with Crippen LogP contribution in [-0.4, -0.2) is 5.60 Å². The Morgan fingerprint density at radius 2 is 1.88 bits per heavy atom. The molecule has 5 heteroatoms. The van der Waals surface area contributed by atoms with Gasteiger partial charge in [0.25, 0.3) is 0 Å². The predicted octanol–water partition coefficient (Wildman–Crippen LogP) is 4.34. The summed E-state index contributed by atoms with van der Waals surface area (Å²) in [4.78, 5) is 25.0. The molecule has 0 amide bonds. The normalized spacial score (nSPS) is 15.2. The van der Waals surface area contributed by atoms with Crippen molar-refractivity contribution in [1.29, 1.82) is 0 Å². The average molecular weight is 352 g/mol. The maximum atomic E-state index is 12.8. The van der Waals surface area contributed by atoms with Crippen molar-refractivity contribution >= 4 is 28.0 Å². The Morgan fingerprint density at radius 3 is 2.62 bits per heavy atom. The summed E-state index contributed by atoms with van der Waals surface area (Å²) in [5, 5.41) is 0.978. The van der Waals surface area contributed by atoms with Crippen LogP contribution < -0.4 is 15.8 Å². The zero-order valence-corrected chi connectivity index (χ0v) is 15.3. The first-order valence-electron chi connectivity index (χ1n) is 8.75. The molecule has 134 valence electrons. The molecule has 0 radical (unpaired) electrons. The van der Waals surface area contributed by atoms with Gasteiger partial charge in [-0.1, -0.05) is 13.3 Å². The molecule has 0 fully saturated rings. The second-order valence-corrected chi connectivity index (χ2v) is 7.28. The highest BCUT2D eigenvalue weighted by Gasteiger charge is 2.30. The molecule has 3 aromatic rings. The fourth-order valence-electron chi connectivity index (χ4n) is 3.47. The summed E-state index contributed by atoms with van der Waals surface area (Å²) < 4.78 is 17.5. The van der Waals surface area contributed by atoms with Gasteiger partial charge in [-0.15, -0.1) is 0 Å². The van der Waals surface area contributed by atoms with Gasteiger partial charge in [0, 0.05) is 11.6 Å². The highest BCUT2D eigenvalue weighted by atomic mass is 16.5. The Labute approximate surface area is 149 Å². The molecule has 5 nitrogen and oxygen atoms in total. The van der Waals surface area contributed by atoms with Gasteiger partial charge in [-0.3, -0.25) is 4.79 Å². The fraction of sp³-hybridized carbons (Fsp3) is 0.333. The first-order valence-corrected chi connectivity index (χ1v) is 8.75. The van der Waals surface area contributed by atoms with Crippen LogP contribution in [0.15, 0.2) is 36.8 Å². The number of benzene rings is 1. The predicted molar refractivity (Wildman–Crippen MR) is 101 cm³/mol. The standard InChI is InChI=1S/C21H20O5/c1-5-6-12-9-14(22)25-20-15(12)19-13(7-8-21(3,4)26-19)18-16(20)17(23)11(2)10-24-18/h7-10H,5-6H2,1-4H3.